The van der Waals surface area contributed by atoms with Gasteiger partial charge in [0.15, 0.2) is 0 Å². The fourth-order valence-electron chi connectivity index (χ4n) is 1.35. The molecular formula is C13H17NO5. The van der Waals surface area contributed by atoms with Crippen molar-refractivity contribution in [3.05, 3.63) is 23.8 Å². The van der Waals surface area contributed by atoms with Crippen LogP contribution in [0.15, 0.2) is 18.2 Å². The van der Waals surface area contributed by atoms with Crippen LogP contribution in [0.5, 0.6) is 11.5 Å². The third-order valence-corrected chi connectivity index (χ3v) is 2.57. The lowest BCUT2D eigenvalue weighted by atomic mass is 10.0. The number of benzene rings is 1. The standard InChI is InChI=1S/C13H17NO5/c1-13(2,12(16)17)14-11(15)8-5-9(18-3)7-10(6-8)19-4/h5-7H,1-4H3,(H,14,15)(H,16,17). The SMILES string of the molecule is COc1cc(OC)cc(C(=O)NC(C)(C)C(=O)O)c1. The van der Waals surface area contributed by atoms with Crippen LogP contribution in [0.25, 0.3) is 0 Å². The Balaban J connectivity index is 3.03. The first-order valence-electron chi connectivity index (χ1n) is 5.59. The molecule has 0 aromatic heterocycles. The summed E-state index contributed by atoms with van der Waals surface area (Å²) >= 11 is 0. The van der Waals surface area contributed by atoms with E-state index in [-0.39, 0.29) is 5.56 Å². The summed E-state index contributed by atoms with van der Waals surface area (Å²) in [5.41, 5.74) is -1.08. The van der Waals surface area contributed by atoms with Gasteiger partial charge in [-0.05, 0) is 26.0 Å². The van der Waals surface area contributed by atoms with Gasteiger partial charge in [-0.25, -0.2) is 4.79 Å². The van der Waals surface area contributed by atoms with E-state index in [4.69, 9.17) is 14.6 Å². The average molecular weight is 267 g/mol. The molecule has 0 aliphatic rings. The summed E-state index contributed by atoms with van der Waals surface area (Å²) in [6.45, 7) is 2.81. The zero-order valence-electron chi connectivity index (χ0n) is 11.3. The topological polar surface area (TPSA) is 84.9 Å². The highest BCUT2D eigenvalue weighted by Gasteiger charge is 2.29. The van der Waals surface area contributed by atoms with Gasteiger partial charge in [0, 0.05) is 11.6 Å². The molecule has 19 heavy (non-hydrogen) atoms. The van der Waals surface area contributed by atoms with E-state index in [9.17, 15) is 9.59 Å². The van der Waals surface area contributed by atoms with Gasteiger partial charge >= 0.3 is 5.97 Å². The van der Waals surface area contributed by atoms with Gasteiger partial charge in [0.05, 0.1) is 14.2 Å². The summed E-state index contributed by atoms with van der Waals surface area (Å²) in [6, 6.07) is 4.64. The van der Waals surface area contributed by atoms with Crippen molar-refractivity contribution in [1.29, 1.82) is 0 Å². The molecule has 104 valence electrons. The summed E-state index contributed by atoms with van der Waals surface area (Å²) in [5, 5.41) is 11.4. The smallest absolute Gasteiger partial charge is 0.328 e. The van der Waals surface area contributed by atoms with Crippen molar-refractivity contribution >= 4 is 11.9 Å². The number of aliphatic carboxylic acids is 1. The van der Waals surface area contributed by atoms with Crippen molar-refractivity contribution in [1.82, 2.24) is 5.32 Å². The molecule has 0 saturated carbocycles. The molecule has 6 nitrogen and oxygen atoms in total. The first kappa shape index (κ1) is 14.8. The van der Waals surface area contributed by atoms with Crippen molar-refractivity contribution in [3.63, 3.8) is 0 Å². The average Bonchev–Trinajstić information content (AvgIpc) is 2.37. The molecule has 0 fully saturated rings. The predicted molar refractivity (Wildman–Crippen MR) is 68.7 cm³/mol. The lowest BCUT2D eigenvalue weighted by Crippen LogP contribution is -2.49. The highest BCUT2D eigenvalue weighted by Crippen LogP contribution is 2.22. The van der Waals surface area contributed by atoms with Crippen LogP contribution in [-0.2, 0) is 4.79 Å². The van der Waals surface area contributed by atoms with Crippen LogP contribution in [0.3, 0.4) is 0 Å². The Morgan fingerprint density at radius 3 is 1.95 bits per heavy atom. The Morgan fingerprint density at radius 1 is 1.11 bits per heavy atom. The number of methoxy groups -OCH3 is 2. The minimum absolute atomic E-state index is 0.269. The number of hydrogen-bond acceptors (Lipinski definition) is 4. The molecule has 6 heteroatoms. The van der Waals surface area contributed by atoms with Gasteiger partial charge < -0.3 is 19.9 Å². The summed E-state index contributed by atoms with van der Waals surface area (Å²) in [5.74, 6) is -0.712. The summed E-state index contributed by atoms with van der Waals surface area (Å²) in [6.07, 6.45) is 0. The van der Waals surface area contributed by atoms with Crippen molar-refractivity contribution in [2.75, 3.05) is 14.2 Å². The molecule has 0 aliphatic carbocycles. The van der Waals surface area contributed by atoms with Crippen LogP contribution in [0, 0.1) is 0 Å². The van der Waals surface area contributed by atoms with E-state index < -0.39 is 17.4 Å². The molecule has 0 spiro atoms. The van der Waals surface area contributed by atoms with Gasteiger partial charge in [-0.1, -0.05) is 0 Å². The molecule has 0 radical (unpaired) electrons. The fourth-order valence-corrected chi connectivity index (χ4v) is 1.35. The van der Waals surface area contributed by atoms with Crippen molar-refractivity contribution < 1.29 is 24.2 Å². The Labute approximate surface area is 111 Å². The van der Waals surface area contributed by atoms with Gasteiger partial charge in [0.25, 0.3) is 5.91 Å². The van der Waals surface area contributed by atoms with Crippen LogP contribution in [-0.4, -0.2) is 36.7 Å². The van der Waals surface area contributed by atoms with Gasteiger partial charge in [-0.3, -0.25) is 4.79 Å². The van der Waals surface area contributed by atoms with Crippen molar-refractivity contribution in [2.45, 2.75) is 19.4 Å². The summed E-state index contributed by atoms with van der Waals surface area (Å²) in [4.78, 5) is 23.0. The normalized spacial score (nSPS) is 10.7. The first-order valence-corrected chi connectivity index (χ1v) is 5.59. The number of hydrogen-bond donors (Lipinski definition) is 2. The second-order valence-electron chi connectivity index (χ2n) is 4.49. The molecule has 0 unspecified atom stereocenters. The number of amides is 1. The minimum Gasteiger partial charge on any atom is -0.497 e. The van der Waals surface area contributed by atoms with Crippen LogP contribution in [0.4, 0.5) is 0 Å². The Kier molecular flexibility index (Phi) is 4.37. The zero-order valence-corrected chi connectivity index (χ0v) is 11.3. The first-order chi connectivity index (χ1) is 8.80. The molecular weight excluding hydrogens is 250 g/mol. The second-order valence-corrected chi connectivity index (χ2v) is 4.49. The van der Waals surface area contributed by atoms with Gasteiger partial charge in [-0.15, -0.1) is 0 Å². The number of ether oxygens (including phenoxy) is 2. The number of carbonyl (C=O) groups is 2. The molecule has 1 aromatic rings. The number of carbonyl (C=O) groups excluding carboxylic acids is 1. The Hall–Kier alpha value is -2.24. The van der Waals surface area contributed by atoms with Crippen molar-refractivity contribution in [2.24, 2.45) is 0 Å². The third kappa shape index (κ3) is 3.61. The number of nitrogens with one attached hydrogen (secondary N) is 1. The molecule has 1 rings (SSSR count). The van der Waals surface area contributed by atoms with Gasteiger partial charge in [0.2, 0.25) is 0 Å². The molecule has 0 atom stereocenters. The predicted octanol–water partition coefficient (Wildman–Crippen LogP) is 1.30. The van der Waals surface area contributed by atoms with Crippen LogP contribution >= 0.6 is 0 Å². The van der Waals surface area contributed by atoms with Gasteiger partial charge in [-0.2, -0.15) is 0 Å². The molecule has 0 heterocycles. The second kappa shape index (κ2) is 5.60. The van der Waals surface area contributed by atoms with Crippen LogP contribution < -0.4 is 14.8 Å². The van der Waals surface area contributed by atoms with E-state index in [0.29, 0.717) is 11.5 Å². The lowest BCUT2D eigenvalue weighted by molar-refractivity contribution is -0.143. The fraction of sp³-hybridized carbons (Fsp3) is 0.385. The lowest BCUT2D eigenvalue weighted by Gasteiger charge is -2.21. The maximum absolute atomic E-state index is 12.0. The van der Waals surface area contributed by atoms with E-state index >= 15 is 0 Å². The van der Waals surface area contributed by atoms with Crippen LogP contribution in [0.1, 0.15) is 24.2 Å². The van der Waals surface area contributed by atoms with E-state index in [1.165, 1.54) is 40.2 Å². The zero-order chi connectivity index (χ0) is 14.6. The summed E-state index contributed by atoms with van der Waals surface area (Å²) < 4.78 is 10.1. The monoisotopic (exact) mass is 267 g/mol. The van der Waals surface area contributed by atoms with E-state index in [1.807, 2.05) is 0 Å². The van der Waals surface area contributed by atoms with E-state index in [0.717, 1.165) is 0 Å². The number of carboxylic acid groups (broad SMARTS) is 1. The van der Waals surface area contributed by atoms with Gasteiger partial charge in [0.1, 0.15) is 17.0 Å². The van der Waals surface area contributed by atoms with Crippen molar-refractivity contribution in [3.8, 4) is 11.5 Å². The largest absolute Gasteiger partial charge is 0.497 e. The maximum atomic E-state index is 12.0. The molecule has 1 amide bonds. The molecule has 0 bridgehead atoms. The molecule has 1 aromatic carbocycles. The maximum Gasteiger partial charge on any atom is 0.328 e. The van der Waals surface area contributed by atoms with E-state index in [1.54, 1.807) is 6.07 Å². The molecule has 0 aliphatic heterocycles. The third-order valence-electron chi connectivity index (χ3n) is 2.57. The molecule has 0 saturated heterocycles. The van der Waals surface area contributed by atoms with Crippen LogP contribution in [0.2, 0.25) is 0 Å². The minimum atomic E-state index is -1.35. The molecule has 2 N–H and O–H groups in total. The highest BCUT2D eigenvalue weighted by atomic mass is 16.5. The Bertz CT molecular complexity index is 474. The highest BCUT2D eigenvalue weighted by molar-refractivity contribution is 5.98. The number of rotatable bonds is 5. The Morgan fingerprint density at radius 2 is 1.58 bits per heavy atom. The quantitative estimate of drug-likeness (QED) is 0.839. The summed E-state index contributed by atoms with van der Waals surface area (Å²) in [7, 11) is 2.94. The van der Waals surface area contributed by atoms with E-state index in [2.05, 4.69) is 5.32 Å². The number of carboxylic acids is 1.